The maximum absolute atomic E-state index is 11.5. The first kappa shape index (κ1) is 33.1. The van der Waals surface area contributed by atoms with E-state index in [9.17, 15) is 39.2 Å². The molecule has 0 bridgehead atoms. The summed E-state index contributed by atoms with van der Waals surface area (Å²) in [5, 5.41) is 53.4. The molecule has 0 aliphatic rings. The van der Waals surface area contributed by atoms with Crippen molar-refractivity contribution in [2.45, 2.75) is 38.6 Å². The molecule has 0 aliphatic carbocycles. The molecule has 0 radical (unpaired) electrons. The molecule has 0 saturated carbocycles. The van der Waals surface area contributed by atoms with Gasteiger partial charge in [0.15, 0.2) is 0 Å². The summed E-state index contributed by atoms with van der Waals surface area (Å²) >= 11 is 0. The van der Waals surface area contributed by atoms with Gasteiger partial charge in [0.05, 0.1) is 25.5 Å². The molecule has 0 saturated heterocycles. The van der Waals surface area contributed by atoms with Gasteiger partial charge < -0.3 is 30.3 Å². The van der Waals surface area contributed by atoms with Gasteiger partial charge in [-0.05, 0) is 37.6 Å². The van der Waals surface area contributed by atoms with E-state index in [1.807, 2.05) is 0 Å². The second-order valence-corrected chi connectivity index (χ2v) is 7.91. The van der Waals surface area contributed by atoms with Crippen molar-refractivity contribution in [3.8, 4) is 0 Å². The van der Waals surface area contributed by atoms with Gasteiger partial charge in [0, 0.05) is 24.3 Å². The summed E-state index contributed by atoms with van der Waals surface area (Å²) in [6.07, 6.45) is 0.411. The summed E-state index contributed by atoms with van der Waals surface area (Å²) in [6, 6.07) is 9.86. The largest absolute Gasteiger partial charge is 0.480 e. The number of ether oxygens (including phenoxy) is 1. The number of nitrogens with zero attached hydrogens (tertiary/aromatic N) is 2. The molecular weight excluding hydrogens is 521 g/mol. The number of halogens is 1. The van der Waals surface area contributed by atoms with Gasteiger partial charge in [-0.1, -0.05) is 24.3 Å². The van der Waals surface area contributed by atoms with Crippen LogP contribution < -0.4 is 10.5 Å². The predicted molar refractivity (Wildman–Crippen MR) is 142 cm³/mol. The van der Waals surface area contributed by atoms with E-state index in [0.717, 1.165) is 5.56 Å². The van der Waals surface area contributed by atoms with Crippen molar-refractivity contribution < 1.29 is 45.1 Å². The number of non-ortho nitro benzene ring substituents is 2. The number of hydrogen-bond donors (Lipinski definition) is 5. The Hall–Kier alpha value is -3.92. The lowest BCUT2D eigenvalue weighted by Gasteiger charge is -2.16. The number of carboxylic acids is 1. The molecule has 2 aromatic carbocycles. The summed E-state index contributed by atoms with van der Waals surface area (Å²) < 4.78 is 20.1. The Morgan fingerprint density at radius 2 is 1.26 bits per heavy atom. The number of nitro benzene ring substituents is 2. The minimum Gasteiger partial charge on any atom is -0.480 e. The number of carbonyl (C=O) groups excluding carboxylic acids is 1. The van der Waals surface area contributed by atoms with Gasteiger partial charge in [-0.25, -0.2) is 0 Å². The fraction of sp³-hybridized carbons (Fsp3) is 0.364. The van der Waals surface area contributed by atoms with Gasteiger partial charge in [-0.15, -0.1) is 0 Å². The molecule has 5 N–H and O–H groups in total. The minimum absolute atomic E-state index is 0.0122. The van der Waals surface area contributed by atoms with Crippen LogP contribution in [0.4, 0.5) is 15.8 Å². The average molecular weight is 553 g/mol. The minimum atomic E-state index is -1.09. The molecule has 212 valence electrons. The number of esters is 1. The van der Waals surface area contributed by atoms with Crippen LogP contribution in [0.5, 0.6) is 0 Å². The van der Waals surface area contributed by atoms with Crippen LogP contribution in [-0.4, -0.2) is 77.4 Å². The molecule has 17 heteroatoms. The Bertz CT molecular complexity index is 1080. The molecule has 0 fully saturated rings. The van der Waals surface area contributed by atoms with Crippen molar-refractivity contribution in [1.82, 2.24) is 10.5 Å². The first-order valence-electron chi connectivity index (χ1n) is 12.0. The Kier molecular flexibility index (Phi) is 15.6. The zero-order valence-corrected chi connectivity index (χ0v) is 21.5. The third-order valence-corrected chi connectivity index (χ3v) is 4.84. The lowest BCUT2D eigenvalue weighted by Crippen LogP contribution is -2.46. The number of nitro groups is 2. The monoisotopic (exact) mass is 553 g/mol. The zero-order valence-electron chi connectivity index (χ0n) is 22.5. The number of alkyl halides is 1. The Morgan fingerprint density at radius 3 is 1.54 bits per heavy atom. The lowest BCUT2D eigenvalue weighted by atomic mass is 9.86. The summed E-state index contributed by atoms with van der Waals surface area (Å²) in [4.78, 5) is 42.4. The Balaban J connectivity index is 0.000000693. The van der Waals surface area contributed by atoms with Gasteiger partial charge in [0.1, 0.15) is 12.1 Å². The number of methoxy groups -OCH3 is 1. The smallest absolute Gasteiger partial charge is 0.374 e. The van der Waals surface area contributed by atoms with E-state index in [1.54, 1.807) is 12.1 Å². The number of hydrogen-bond acceptors (Lipinski definition) is 11. The molecule has 0 unspecified atom stereocenters. The molecule has 0 heterocycles. The number of nitrogens with one attached hydrogen (secondary N) is 2. The van der Waals surface area contributed by atoms with Gasteiger partial charge in [-0.3, -0.25) is 34.2 Å². The van der Waals surface area contributed by atoms with Crippen LogP contribution in [0.2, 0.25) is 13.6 Å². The highest BCUT2D eigenvalue weighted by Crippen LogP contribution is 2.14. The Labute approximate surface area is 226 Å². The average Bonchev–Trinajstić information content (AvgIpc) is 2.88. The van der Waals surface area contributed by atoms with Crippen molar-refractivity contribution in [3.05, 3.63) is 79.9 Å². The van der Waals surface area contributed by atoms with Crippen molar-refractivity contribution in [2.75, 3.05) is 14.3 Å². The number of rotatable bonds is 12. The molecule has 0 aliphatic heterocycles. The highest BCUT2D eigenvalue weighted by Gasteiger charge is 2.23. The van der Waals surface area contributed by atoms with Crippen LogP contribution in [0.3, 0.4) is 0 Å². The van der Waals surface area contributed by atoms with Crippen LogP contribution in [0.15, 0.2) is 48.5 Å². The van der Waals surface area contributed by atoms with E-state index >= 15 is 0 Å². The van der Waals surface area contributed by atoms with Crippen molar-refractivity contribution in [1.29, 1.82) is 0 Å². The van der Waals surface area contributed by atoms with Gasteiger partial charge in [0.2, 0.25) is 0 Å². The number of aliphatic carboxylic acids is 1. The molecule has 2 rings (SSSR count). The predicted octanol–water partition coefficient (Wildman–Crippen LogP) is 1.25. The standard InChI is InChI=1S/C11H15BN2O5.C10H13BN2O5.CH3F/c1-12(16)13-10(11(15)19-2)7-8-3-5-9(6-4-8)14(17)18;1-11(16)12-9(10(14)15)6-7-2-4-8(5-3-7)13(17)18;1-2/h3-6,10,13,16H,7H2,1-2H3;2-5,9,12,16H,6H2,1H3,(H,14,15);1H3/t10-;9-;/m00./s1/i;;1D. The second kappa shape index (κ2) is 18.4. The number of benzene rings is 2. The summed E-state index contributed by atoms with van der Waals surface area (Å²) in [6.45, 7) is 2.91. The van der Waals surface area contributed by atoms with Crippen molar-refractivity contribution >= 4 is 37.4 Å². The maximum Gasteiger partial charge on any atom is 0.374 e. The first-order valence-corrected chi connectivity index (χ1v) is 11.3. The zero-order chi connectivity index (χ0) is 30.8. The third-order valence-electron chi connectivity index (χ3n) is 4.84. The van der Waals surface area contributed by atoms with Gasteiger partial charge >= 0.3 is 26.0 Å². The lowest BCUT2D eigenvalue weighted by molar-refractivity contribution is -0.385. The molecule has 0 aromatic heterocycles. The van der Waals surface area contributed by atoms with Crippen LogP contribution in [-0.2, 0) is 27.2 Å². The molecular formula is C22H31B2FN4O10. The topological polar surface area (TPSA) is 214 Å². The molecule has 2 aromatic rings. The summed E-state index contributed by atoms with van der Waals surface area (Å²) in [5.74, 6) is -1.59. The fourth-order valence-electron chi connectivity index (χ4n) is 3.13. The first-order chi connectivity index (χ1) is 18.7. The Morgan fingerprint density at radius 1 is 0.923 bits per heavy atom. The molecule has 14 nitrogen and oxygen atoms in total. The summed E-state index contributed by atoms with van der Waals surface area (Å²) in [5.41, 5.74) is 1.31. The maximum atomic E-state index is 11.5. The van der Waals surface area contributed by atoms with Crippen LogP contribution in [0.25, 0.3) is 0 Å². The second-order valence-electron chi connectivity index (χ2n) is 7.91. The number of carbonyl (C=O) groups is 2. The molecule has 2 atom stereocenters. The van der Waals surface area contributed by atoms with E-state index in [2.05, 4.69) is 15.2 Å². The van der Waals surface area contributed by atoms with Gasteiger partial charge in [-0.2, -0.15) is 0 Å². The van der Waals surface area contributed by atoms with E-state index in [1.165, 1.54) is 57.2 Å². The van der Waals surface area contributed by atoms with Crippen LogP contribution in [0, 0.1) is 20.2 Å². The SMILES string of the molecule is CB(O)N[C@@H](Cc1ccc([N+](=O)[O-])cc1)C(=O)O.COC(=O)[C@H](Cc1ccc([N+](=O)[O-])cc1)NB(C)O.[2H]CF. The normalized spacial score (nSPS) is 11.7. The number of carboxylic acid groups (broad SMARTS) is 1. The highest BCUT2D eigenvalue weighted by atomic mass is 19.1. The van der Waals surface area contributed by atoms with E-state index < -0.39 is 55.1 Å². The molecule has 39 heavy (non-hydrogen) atoms. The van der Waals surface area contributed by atoms with E-state index in [-0.39, 0.29) is 24.2 Å². The summed E-state index contributed by atoms with van der Waals surface area (Å²) in [7, 11) is -1.54. The highest BCUT2D eigenvalue weighted by molar-refractivity contribution is 6.46. The van der Waals surface area contributed by atoms with Crippen molar-refractivity contribution in [3.63, 3.8) is 0 Å². The molecule has 0 amide bonds. The fourth-order valence-corrected chi connectivity index (χ4v) is 3.13. The van der Waals surface area contributed by atoms with Crippen LogP contribution in [0.1, 0.15) is 12.5 Å². The quantitative estimate of drug-likeness (QED) is 0.109. The van der Waals surface area contributed by atoms with Crippen LogP contribution >= 0.6 is 0 Å². The molecule has 0 spiro atoms. The van der Waals surface area contributed by atoms with E-state index in [4.69, 9.17) is 11.5 Å². The third kappa shape index (κ3) is 14.0. The van der Waals surface area contributed by atoms with E-state index in [0.29, 0.717) is 5.56 Å². The van der Waals surface area contributed by atoms with Gasteiger partial charge in [0.25, 0.3) is 11.4 Å². The van der Waals surface area contributed by atoms with Crippen molar-refractivity contribution in [2.24, 2.45) is 0 Å².